The molecule has 0 saturated carbocycles. The van der Waals surface area contributed by atoms with Gasteiger partial charge < -0.3 is 38.7 Å². The van der Waals surface area contributed by atoms with E-state index in [1.165, 1.54) is 0 Å². The summed E-state index contributed by atoms with van der Waals surface area (Å²) in [6.45, 7) is 15.0. The number of carbonyl (C=O) groups excluding carboxylic acids is 3. The van der Waals surface area contributed by atoms with Crippen molar-refractivity contribution in [3.63, 3.8) is 0 Å². The van der Waals surface area contributed by atoms with Crippen LogP contribution in [0.4, 0.5) is 0 Å². The molecular formula is C33H46N2O9Si. The summed E-state index contributed by atoms with van der Waals surface area (Å²) in [4.78, 5) is 39.7. The first-order chi connectivity index (χ1) is 20.9. The van der Waals surface area contributed by atoms with Gasteiger partial charge in [-0.3, -0.25) is 9.59 Å². The van der Waals surface area contributed by atoms with Gasteiger partial charge in [-0.25, -0.2) is 4.79 Å². The van der Waals surface area contributed by atoms with Crippen molar-refractivity contribution in [3.8, 4) is 11.5 Å². The number of amides is 1. The zero-order valence-corrected chi connectivity index (χ0v) is 28.6. The molecule has 2 N–H and O–H groups in total. The van der Waals surface area contributed by atoms with E-state index in [1.807, 2.05) is 6.07 Å². The van der Waals surface area contributed by atoms with Crippen LogP contribution in [0.1, 0.15) is 71.4 Å². The predicted molar refractivity (Wildman–Crippen MR) is 166 cm³/mol. The maximum atomic E-state index is 13.1. The summed E-state index contributed by atoms with van der Waals surface area (Å²) in [6.07, 6.45) is 1.48. The Hall–Kier alpha value is -2.93. The molecule has 11 nitrogen and oxygen atoms in total. The molecule has 1 aromatic rings. The number of hydrogen-bond donors (Lipinski definition) is 2. The summed E-state index contributed by atoms with van der Waals surface area (Å²) >= 11 is 0. The van der Waals surface area contributed by atoms with Gasteiger partial charge in [0.25, 0.3) is 8.32 Å². The van der Waals surface area contributed by atoms with Gasteiger partial charge in [-0.05, 0) is 62.3 Å². The van der Waals surface area contributed by atoms with Crippen LogP contribution in [0.2, 0.25) is 18.1 Å². The lowest BCUT2D eigenvalue weighted by atomic mass is 9.50. The number of ether oxygens (including phenoxy) is 4. The SMILES string of the molecule is CN1CC[C@]23c4c5ccc(O[Si](C)(C)C(C)(C)C)c4O[C@H]2C(OC(=O)CCNC(=O)C[C@@H]2OC(C)(C)OC2=O)=CC[C@@]3(O)[C@H]1C5. The second kappa shape index (κ2) is 10.5. The van der Waals surface area contributed by atoms with Crippen LogP contribution >= 0.6 is 0 Å². The Morgan fingerprint density at radius 3 is 2.62 bits per heavy atom. The molecular weight excluding hydrogens is 596 g/mol. The van der Waals surface area contributed by atoms with Crippen molar-refractivity contribution in [2.45, 2.75) is 120 Å². The second-order valence-corrected chi connectivity index (χ2v) is 19.9. The van der Waals surface area contributed by atoms with Crippen molar-refractivity contribution in [2.24, 2.45) is 0 Å². The minimum Gasteiger partial charge on any atom is -0.541 e. The third-order valence-electron chi connectivity index (χ3n) is 10.8. The van der Waals surface area contributed by atoms with Crippen molar-refractivity contribution < 1.29 is 42.9 Å². The van der Waals surface area contributed by atoms with E-state index in [0.29, 0.717) is 36.5 Å². The van der Waals surface area contributed by atoms with Crippen molar-refractivity contribution in [1.29, 1.82) is 0 Å². The Kier molecular flexibility index (Phi) is 7.51. The highest BCUT2D eigenvalue weighted by atomic mass is 28.4. The number of nitrogens with zero attached hydrogens (tertiary/aromatic N) is 1. The smallest absolute Gasteiger partial charge is 0.338 e. The molecule has 2 aliphatic carbocycles. The number of rotatable bonds is 8. The van der Waals surface area contributed by atoms with Crippen LogP contribution in [-0.2, 0) is 40.4 Å². The van der Waals surface area contributed by atoms with E-state index >= 15 is 0 Å². The largest absolute Gasteiger partial charge is 0.541 e. The van der Waals surface area contributed by atoms with Crippen LogP contribution in [0.15, 0.2) is 24.0 Å². The number of piperidine rings is 1. The number of likely N-dealkylation sites (N-methyl/N-ethyl adjacent to an activating group) is 1. The molecule has 5 aliphatic rings. The first-order valence-corrected chi connectivity index (χ1v) is 18.8. The van der Waals surface area contributed by atoms with Crippen molar-refractivity contribution in [3.05, 3.63) is 35.1 Å². The first kappa shape index (κ1) is 32.0. The molecule has 12 heteroatoms. The molecule has 2 saturated heterocycles. The molecule has 3 heterocycles. The number of benzene rings is 1. The number of aliphatic hydroxyl groups is 1. The van der Waals surface area contributed by atoms with Crippen molar-refractivity contribution >= 4 is 26.2 Å². The van der Waals surface area contributed by atoms with Crippen LogP contribution in [0.3, 0.4) is 0 Å². The maximum absolute atomic E-state index is 13.1. The average Bonchev–Trinajstić information content (AvgIpc) is 3.40. The van der Waals surface area contributed by atoms with E-state index in [0.717, 1.165) is 17.7 Å². The zero-order chi connectivity index (χ0) is 32.7. The van der Waals surface area contributed by atoms with E-state index in [-0.39, 0.29) is 30.5 Å². The number of nitrogens with one attached hydrogen (secondary N) is 1. The quantitative estimate of drug-likeness (QED) is 0.321. The average molecular weight is 643 g/mol. The van der Waals surface area contributed by atoms with Gasteiger partial charge in [0, 0.05) is 38.4 Å². The molecule has 0 radical (unpaired) electrons. The standard InChI is InChI=1S/C33H46N2O9Si/c1-30(2,3)45(7,8)44-20-10-9-19-17-23-33(39)13-11-21(28-32(33,14-16-35(23)6)26(19)27(20)41-28)40-25(37)12-15-34-24(36)18-22-29(38)43-31(4,5)42-22/h9-11,22-23,28,39H,12-18H2,1-8H3,(H,34,36)/t22-,23+,28-,32-,33+/m0/s1. The number of carbonyl (C=O) groups is 3. The van der Waals surface area contributed by atoms with Gasteiger partial charge in [-0.1, -0.05) is 26.8 Å². The van der Waals surface area contributed by atoms with Gasteiger partial charge in [-0.15, -0.1) is 0 Å². The summed E-state index contributed by atoms with van der Waals surface area (Å²) in [6, 6.07) is 4.00. The summed E-state index contributed by atoms with van der Waals surface area (Å²) < 4.78 is 30.1. The van der Waals surface area contributed by atoms with Gasteiger partial charge in [0.05, 0.1) is 23.9 Å². The van der Waals surface area contributed by atoms with Gasteiger partial charge in [-0.2, -0.15) is 0 Å². The van der Waals surface area contributed by atoms with Gasteiger partial charge in [0.1, 0.15) is 11.5 Å². The third-order valence-corrected chi connectivity index (χ3v) is 15.1. The fourth-order valence-electron chi connectivity index (χ4n) is 7.51. The summed E-state index contributed by atoms with van der Waals surface area (Å²) in [5, 5.41) is 15.2. The molecule has 1 amide bonds. The van der Waals surface area contributed by atoms with Gasteiger partial charge >= 0.3 is 11.9 Å². The fourth-order valence-corrected chi connectivity index (χ4v) is 8.53. The maximum Gasteiger partial charge on any atom is 0.338 e. The molecule has 246 valence electrons. The van der Waals surface area contributed by atoms with Crippen LogP contribution in [-0.4, -0.2) is 85.9 Å². The molecule has 3 aliphatic heterocycles. The minimum absolute atomic E-state index is 0.0262. The van der Waals surface area contributed by atoms with Crippen molar-refractivity contribution in [2.75, 3.05) is 20.1 Å². The predicted octanol–water partition coefficient (Wildman–Crippen LogP) is 3.47. The lowest BCUT2D eigenvalue weighted by molar-refractivity contribution is -0.169. The van der Waals surface area contributed by atoms with E-state index < -0.39 is 55.2 Å². The Morgan fingerprint density at radius 1 is 1.22 bits per heavy atom. The molecule has 1 spiro atoms. The fraction of sp³-hybridized carbons (Fsp3) is 0.667. The van der Waals surface area contributed by atoms with Gasteiger partial charge in [0.15, 0.2) is 18.0 Å². The van der Waals surface area contributed by atoms with Crippen molar-refractivity contribution in [1.82, 2.24) is 10.2 Å². The Morgan fingerprint density at radius 2 is 1.96 bits per heavy atom. The number of esters is 2. The highest BCUT2D eigenvalue weighted by Crippen LogP contribution is 2.65. The van der Waals surface area contributed by atoms with E-state index in [1.54, 1.807) is 19.9 Å². The molecule has 1 aromatic carbocycles. The topological polar surface area (TPSA) is 133 Å². The molecule has 0 aromatic heterocycles. The highest BCUT2D eigenvalue weighted by molar-refractivity contribution is 6.74. The summed E-state index contributed by atoms with van der Waals surface area (Å²) in [5.41, 5.74) is 0.216. The number of likely N-dealkylation sites (tertiary alicyclic amines) is 1. The van der Waals surface area contributed by atoms with E-state index in [2.05, 4.69) is 57.2 Å². The normalized spacial score (nSPS) is 31.4. The van der Waals surface area contributed by atoms with Crippen LogP contribution in [0.5, 0.6) is 11.5 Å². The Labute approximate surface area is 265 Å². The summed E-state index contributed by atoms with van der Waals surface area (Å²) in [5.74, 6) is -0.913. The zero-order valence-electron chi connectivity index (χ0n) is 27.6. The highest BCUT2D eigenvalue weighted by Gasteiger charge is 2.72. The number of cyclic esters (lactones) is 1. The molecule has 0 unspecified atom stereocenters. The van der Waals surface area contributed by atoms with Crippen LogP contribution in [0, 0.1) is 0 Å². The molecule has 45 heavy (non-hydrogen) atoms. The lowest BCUT2D eigenvalue weighted by Crippen LogP contribution is -2.74. The van der Waals surface area contributed by atoms with Gasteiger partial charge in [0.2, 0.25) is 11.7 Å². The Bertz CT molecular complexity index is 1470. The summed E-state index contributed by atoms with van der Waals surface area (Å²) in [7, 11) is -0.174. The van der Waals surface area contributed by atoms with Crippen LogP contribution < -0.4 is 14.5 Å². The second-order valence-electron chi connectivity index (χ2n) is 15.1. The number of hydrogen-bond acceptors (Lipinski definition) is 10. The van der Waals surface area contributed by atoms with E-state index in [9.17, 15) is 19.5 Å². The molecule has 2 bridgehead atoms. The lowest BCUT2D eigenvalue weighted by Gasteiger charge is -2.61. The minimum atomic E-state index is -2.23. The molecule has 5 atom stereocenters. The monoisotopic (exact) mass is 642 g/mol. The van der Waals surface area contributed by atoms with E-state index in [4.69, 9.17) is 23.4 Å². The van der Waals surface area contributed by atoms with Crippen LogP contribution in [0.25, 0.3) is 0 Å². The molecule has 6 rings (SSSR count). The first-order valence-electron chi connectivity index (χ1n) is 15.9. The Balaban J connectivity index is 1.21. The molecule has 2 fully saturated rings. The third kappa shape index (κ3) is 5.08.